The molecule has 0 saturated heterocycles. The lowest BCUT2D eigenvalue weighted by molar-refractivity contribution is -0.121. The fraction of sp³-hybridized carbons (Fsp3) is 0.714. The van der Waals surface area contributed by atoms with Crippen molar-refractivity contribution in [3.8, 4) is 0 Å². The molecule has 1 aromatic rings. The third-order valence-electron chi connectivity index (χ3n) is 3.93. The summed E-state index contributed by atoms with van der Waals surface area (Å²) in [7, 11) is 0. The Kier molecular flexibility index (Phi) is 4.51. The number of Topliss-reactive ketones (excluding diaryl/α,β-unsaturated/α-hetero) is 1. The predicted molar refractivity (Wildman–Crippen MR) is 74.8 cm³/mol. The quantitative estimate of drug-likeness (QED) is 0.891. The highest BCUT2D eigenvalue weighted by atomic mass is 32.1. The number of aryl methyl sites for hydroxylation is 1. The maximum absolute atomic E-state index is 12.2. The minimum atomic E-state index is 0.0850. The number of nitrogens with zero attached hydrogens (tertiary/aromatic N) is 1. The lowest BCUT2D eigenvalue weighted by atomic mass is 9.71. The Balaban J connectivity index is 1.93. The van der Waals surface area contributed by atoms with Gasteiger partial charge < -0.3 is 5.73 Å². The molecule has 0 unspecified atom stereocenters. The average molecular weight is 266 g/mol. The second-order valence-corrected chi connectivity index (χ2v) is 6.48. The second kappa shape index (κ2) is 5.93. The van der Waals surface area contributed by atoms with Crippen LogP contribution in [-0.4, -0.2) is 17.3 Å². The fourth-order valence-electron chi connectivity index (χ4n) is 2.89. The molecule has 100 valence electrons. The van der Waals surface area contributed by atoms with Gasteiger partial charge in [0, 0.05) is 17.5 Å². The molecule has 1 aromatic heterocycles. The van der Waals surface area contributed by atoms with Crippen molar-refractivity contribution in [3.63, 3.8) is 0 Å². The number of carbonyl (C=O) groups is 1. The SMILES string of the molecule is Cc1csc(CC(=O)CC2(CN)CCCCC2)n1. The summed E-state index contributed by atoms with van der Waals surface area (Å²) in [6, 6.07) is 0. The van der Waals surface area contributed by atoms with Gasteiger partial charge >= 0.3 is 0 Å². The fourth-order valence-corrected chi connectivity index (χ4v) is 3.69. The number of hydrogen-bond donors (Lipinski definition) is 1. The van der Waals surface area contributed by atoms with E-state index in [-0.39, 0.29) is 5.41 Å². The van der Waals surface area contributed by atoms with E-state index < -0.39 is 0 Å². The van der Waals surface area contributed by atoms with E-state index in [9.17, 15) is 4.79 Å². The van der Waals surface area contributed by atoms with E-state index in [4.69, 9.17) is 5.73 Å². The second-order valence-electron chi connectivity index (χ2n) is 5.54. The van der Waals surface area contributed by atoms with Crippen molar-refractivity contribution in [2.45, 2.75) is 51.9 Å². The molecule has 2 N–H and O–H groups in total. The molecule has 0 atom stereocenters. The topological polar surface area (TPSA) is 56.0 Å². The highest BCUT2D eigenvalue weighted by Crippen LogP contribution is 2.38. The molecule has 1 aliphatic carbocycles. The van der Waals surface area contributed by atoms with Crippen LogP contribution in [0.1, 0.15) is 49.2 Å². The van der Waals surface area contributed by atoms with Crippen LogP contribution < -0.4 is 5.73 Å². The van der Waals surface area contributed by atoms with Crippen molar-refractivity contribution in [1.82, 2.24) is 4.98 Å². The van der Waals surface area contributed by atoms with E-state index in [2.05, 4.69) is 4.98 Å². The first-order valence-corrected chi connectivity index (χ1v) is 7.64. The molecular formula is C14H22N2OS. The summed E-state index contributed by atoms with van der Waals surface area (Å²) < 4.78 is 0. The number of carbonyl (C=O) groups excluding carboxylic acids is 1. The summed E-state index contributed by atoms with van der Waals surface area (Å²) in [6.07, 6.45) is 7.10. The zero-order valence-corrected chi connectivity index (χ0v) is 11.9. The van der Waals surface area contributed by atoms with Gasteiger partial charge in [0.15, 0.2) is 0 Å². The van der Waals surface area contributed by atoms with E-state index in [0.717, 1.165) is 23.5 Å². The first-order valence-electron chi connectivity index (χ1n) is 6.76. The largest absolute Gasteiger partial charge is 0.330 e. The molecule has 0 amide bonds. The van der Waals surface area contributed by atoms with Crippen molar-refractivity contribution in [1.29, 1.82) is 0 Å². The van der Waals surface area contributed by atoms with Gasteiger partial charge in [0.25, 0.3) is 0 Å². The molecule has 0 bridgehead atoms. The van der Waals surface area contributed by atoms with Gasteiger partial charge in [-0.3, -0.25) is 4.79 Å². The molecule has 0 spiro atoms. The monoisotopic (exact) mass is 266 g/mol. The van der Waals surface area contributed by atoms with Gasteiger partial charge in [-0.15, -0.1) is 11.3 Å². The van der Waals surface area contributed by atoms with Crippen LogP contribution in [0.15, 0.2) is 5.38 Å². The van der Waals surface area contributed by atoms with Crippen LogP contribution in [0.4, 0.5) is 0 Å². The van der Waals surface area contributed by atoms with Crippen molar-refractivity contribution in [3.05, 3.63) is 16.1 Å². The molecule has 3 nitrogen and oxygen atoms in total. The van der Waals surface area contributed by atoms with Gasteiger partial charge in [0.1, 0.15) is 10.8 Å². The van der Waals surface area contributed by atoms with Gasteiger partial charge in [0.2, 0.25) is 0 Å². The number of hydrogen-bond acceptors (Lipinski definition) is 4. The van der Waals surface area contributed by atoms with Gasteiger partial charge in [-0.2, -0.15) is 0 Å². The summed E-state index contributed by atoms with van der Waals surface area (Å²) >= 11 is 1.58. The summed E-state index contributed by atoms with van der Waals surface area (Å²) in [5.74, 6) is 0.303. The van der Waals surface area contributed by atoms with E-state index in [1.54, 1.807) is 11.3 Å². The van der Waals surface area contributed by atoms with Gasteiger partial charge in [-0.25, -0.2) is 4.98 Å². The molecule has 0 aliphatic heterocycles. The third-order valence-corrected chi connectivity index (χ3v) is 4.90. The number of thiazole rings is 1. The lowest BCUT2D eigenvalue weighted by Crippen LogP contribution is -2.35. The van der Waals surface area contributed by atoms with Gasteiger partial charge in [-0.1, -0.05) is 19.3 Å². The van der Waals surface area contributed by atoms with Crippen LogP contribution in [0.2, 0.25) is 0 Å². The highest BCUT2D eigenvalue weighted by Gasteiger charge is 2.32. The van der Waals surface area contributed by atoms with Gasteiger partial charge in [0.05, 0.1) is 6.42 Å². The molecule has 18 heavy (non-hydrogen) atoms. The van der Waals surface area contributed by atoms with E-state index >= 15 is 0 Å². The Labute approximate surface area is 113 Å². The third kappa shape index (κ3) is 3.39. The smallest absolute Gasteiger partial charge is 0.140 e. The number of aromatic nitrogens is 1. The van der Waals surface area contributed by atoms with Crippen molar-refractivity contribution >= 4 is 17.1 Å². The van der Waals surface area contributed by atoms with Crippen LogP contribution in [0.25, 0.3) is 0 Å². The average Bonchev–Trinajstić information content (AvgIpc) is 2.75. The molecule has 0 aromatic carbocycles. The van der Waals surface area contributed by atoms with Crippen molar-refractivity contribution in [2.75, 3.05) is 6.54 Å². The number of ketones is 1. The maximum Gasteiger partial charge on any atom is 0.140 e. The van der Waals surface area contributed by atoms with Crippen molar-refractivity contribution < 1.29 is 4.79 Å². The zero-order valence-electron chi connectivity index (χ0n) is 11.1. The molecule has 4 heteroatoms. The van der Waals surface area contributed by atoms with E-state index in [0.29, 0.717) is 25.2 Å². The summed E-state index contributed by atoms with van der Waals surface area (Å²) in [5.41, 5.74) is 7.01. The van der Waals surface area contributed by atoms with Crippen LogP contribution in [0.5, 0.6) is 0 Å². The van der Waals surface area contributed by atoms with Crippen LogP contribution in [0.3, 0.4) is 0 Å². The standard InChI is InChI=1S/C14H22N2OS/c1-11-9-18-13(16-11)7-12(17)8-14(10-15)5-3-2-4-6-14/h9H,2-8,10,15H2,1H3. The van der Waals surface area contributed by atoms with Crippen LogP contribution >= 0.6 is 11.3 Å². The van der Waals surface area contributed by atoms with E-state index in [1.165, 1.54) is 19.3 Å². The molecule has 1 heterocycles. The normalized spacial score (nSPS) is 18.8. The predicted octanol–water partition coefficient (Wildman–Crippen LogP) is 2.86. The molecule has 1 saturated carbocycles. The lowest BCUT2D eigenvalue weighted by Gasteiger charge is -2.35. The van der Waals surface area contributed by atoms with Crippen LogP contribution in [-0.2, 0) is 11.2 Å². The molecule has 1 aliphatic rings. The molecular weight excluding hydrogens is 244 g/mol. The first-order chi connectivity index (χ1) is 8.63. The molecule has 1 fully saturated rings. The van der Waals surface area contributed by atoms with E-state index in [1.807, 2.05) is 12.3 Å². The van der Waals surface area contributed by atoms with Crippen molar-refractivity contribution in [2.24, 2.45) is 11.1 Å². The Morgan fingerprint density at radius 2 is 2.17 bits per heavy atom. The Morgan fingerprint density at radius 3 is 2.72 bits per heavy atom. The zero-order chi connectivity index (χ0) is 13.0. The van der Waals surface area contributed by atoms with Gasteiger partial charge in [-0.05, 0) is 31.7 Å². The molecule has 2 rings (SSSR count). The Morgan fingerprint density at radius 1 is 1.44 bits per heavy atom. The number of rotatable bonds is 5. The van der Waals surface area contributed by atoms with Crippen LogP contribution in [0, 0.1) is 12.3 Å². The summed E-state index contributed by atoms with van der Waals surface area (Å²) in [6.45, 7) is 2.61. The summed E-state index contributed by atoms with van der Waals surface area (Å²) in [5, 5.41) is 2.95. The first kappa shape index (κ1) is 13.7. The minimum absolute atomic E-state index is 0.0850. The maximum atomic E-state index is 12.2. The molecule has 0 radical (unpaired) electrons. The number of nitrogens with two attached hydrogens (primary N) is 1. The Bertz CT molecular complexity index is 408. The highest BCUT2D eigenvalue weighted by molar-refractivity contribution is 7.09. The Hall–Kier alpha value is -0.740. The summed E-state index contributed by atoms with van der Waals surface area (Å²) in [4.78, 5) is 16.5. The minimum Gasteiger partial charge on any atom is -0.330 e.